The van der Waals surface area contributed by atoms with Gasteiger partial charge in [-0.05, 0) is 0 Å². The van der Waals surface area contributed by atoms with E-state index >= 15 is 0 Å². The van der Waals surface area contributed by atoms with Crippen LogP contribution < -0.4 is 6.15 Å². The number of unbranched alkanes of at least 4 members (excludes halogenated alkanes) is 1. The molecule has 0 atom stereocenters. The summed E-state index contributed by atoms with van der Waals surface area (Å²) >= 11 is 2.21. The molecule has 0 spiro atoms. The van der Waals surface area contributed by atoms with Gasteiger partial charge in [0.15, 0.2) is 0 Å². The molecule has 0 unspecified atom stereocenters. The molecule has 0 aliphatic rings. The summed E-state index contributed by atoms with van der Waals surface area (Å²) in [7, 11) is 0. The van der Waals surface area contributed by atoms with Crippen LogP contribution in [0.3, 0.4) is 0 Å². The van der Waals surface area contributed by atoms with Gasteiger partial charge in [0.05, 0.1) is 0 Å². The van der Waals surface area contributed by atoms with Gasteiger partial charge in [0.2, 0.25) is 0 Å². The standard InChI is InChI=1S/C4H9.Li.H3N/c1-3-4-2;;/h1,3-4H2,2H3;;1H3. The molecule has 0 fully saturated rings. The third-order valence-corrected chi connectivity index (χ3v) is 0.707. The fourth-order valence-electron chi connectivity index (χ4n) is 0.354. The van der Waals surface area contributed by atoms with Gasteiger partial charge in [0.25, 0.3) is 0 Å². The van der Waals surface area contributed by atoms with E-state index in [1.165, 1.54) is 17.9 Å². The second kappa shape index (κ2) is 9.12. The molecule has 0 aromatic carbocycles. The zero-order valence-electron chi connectivity index (χ0n) is 4.83. The van der Waals surface area contributed by atoms with Crippen LogP contribution in [0.5, 0.6) is 0 Å². The van der Waals surface area contributed by atoms with Crippen molar-refractivity contribution >= 4 is 17.7 Å². The third kappa shape index (κ3) is 8.82. The second-order valence-electron chi connectivity index (χ2n) is 1.35. The summed E-state index contributed by atoms with van der Waals surface area (Å²) in [6.07, 6.45) is 2.73. The zero-order valence-corrected chi connectivity index (χ0v) is 4.83. The molecule has 0 heterocycles. The summed E-state index contributed by atoms with van der Waals surface area (Å²) in [6.45, 7) is 2.21. The molecule has 0 saturated heterocycles. The first-order valence-electron chi connectivity index (χ1n) is 2.41. The summed E-state index contributed by atoms with van der Waals surface area (Å²) in [5.74, 6) is 0. The van der Waals surface area contributed by atoms with Crippen molar-refractivity contribution in [2.75, 3.05) is 0 Å². The Labute approximate surface area is 49.3 Å². The molecule has 2 heteroatoms. The van der Waals surface area contributed by atoms with Crippen LogP contribution in [0.25, 0.3) is 0 Å². The molecule has 0 rings (SSSR count). The molecule has 3 N–H and O–H groups in total. The predicted molar refractivity (Wildman–Crippen MR) is 30.5 cm³/mol. The van der Waals surface area contributed by atoms with Gasteiger partial charge >= 0.3 is 42.6 Å². The van der Waals surface area contributed by atoms with Crippen LogP contribution >= 0.6 is 0 Å². The zero-order chi connectivity index (χ0) is 4.12. The Kier molecular flexibility index (Phi) is 14.8. The number of hydrogen-bond acceptors (Lipinski definition) is 1. The molecule has 0 aromatic heterocycles. The van der Waals surface area contributed by atoms with Crippen molar-refractivity contribution in [3.05, 3.63) is 0 Å². The summed E-state index contributed by atoms with van der Waals surface area (Å²) < 4.78 is 0. The first kappa shape index (κ1) is 9.75. The van der Waals surface area contributed by atoms with Gasteiger partial charge in [0, 0.05) is 0 Å². The van der Waals surface area contributed by atoms with Crippen LogP contribution in [0, 0.1) is 0 Å². The average molecular weight is 81.1 g/mol. The van der Waals surface area contributed by atoms with E-state index in [0.717, 1.165) is 0 Å². The van der Waals surface area contributed by atoms with Gasteiger partial charge in [-0.3, -0.25) is 0 Å². The van der Waals surface area contributed by atoms with Crippen molar-refractivity contribution in [1.82, 2.24) is 6.15 Å². The van der Waals surface area contributed by atoms with Crippen molar-refractivity contribution in [2.45, 2.75) is 24.9 Å². The van der Waals surface area contributed by atoms with Gasteiger partial charge in [-0.2, -0.15) is 0 Å². The molecule has 0 aliphatic heterocycles. The van der Waals surface area contributed by atoms with Crippen molar-refractivity contribution in [1.29, 1.82) is 0 Å². The molecule has 0 aliphatic carbocycles. The Bertz CT molecular complexity index is 15.0. The van der Waals surface area contributed by atoms with Crippen molar-refractivity contribution < 1.29 is 0 Å². The van der Waals surface area contributed by atoms with Crippen LogP contribution in [-0.4, -0.2) is 17.7 Å². The van der Waals surface area contributed by atoms with E-state index in [9.17, 15) is 0 Å². The predicted octanol–water partition coefficient (Wildman–Crippen LogP) is 1.54. The fourth-order valence-corrected chi connectivity index (χ4v) is 0.354. The van der Waals surface area contributed by atoms with E-state index in [4.69, 9.17) is 0 Å². The van der Waals surface area contributed by atoms with E-state index in [-0.39, 0.29) is 6.15 Å². The van der Waals surface area contributed by atoms with Crippen molar-refractivity contribution in [3.63, 3.8) is 0 Å². The van der Waals surface area contributed by atoms with Crippen LogP contribution in [0.1, 0.15) is 19.8 Å². The van der Waals surface area contributed by atoms with Gasteiger partial charge in [-0.15, -0.1) is 0 Å². The molecule has 0 radical (unpaired) electrons. The summed E-state index contributed by atoms with van der Waals surface area (Å²) in [5.41, 5.74) is 0. The molecule has 34 valence electrons. The summed E-state index contributed by atoms with van der Waals surface area (Å²) in [5, 5.41) is 1.34. The average Bonchev–Trinajstić information content (AvgIpc) is 1.41. The Balaban J connectivity index is 0. The van der Waals surface area contributed by atoms with E-state index in [1.54, 1.807) is 0 Å². The monoisotopic (exact) mass is 81.1 g/mol. The number of hydrogen-bond donors (Lipinski definition) is 1. The van der Waals surface area contributed by atoms with E-state index < -0.39 is 0 Å². The van der Waals surface area contributed by atoms with Crippen molar-refractivity contribution in [3.8, 4) is 0 Å². The fraction of sp³-hybridized carbons (Fsp3) is 1.00. The summed E-state index contributed by atoms with van der Waals surface area (Å²) in [4.78, 5) is 0. The molecule has 0 saturated carbocycles. The first-order valence-corrected chi connectivity index (χ1v) is 2.41. The van der Waals surface area contributed by atoms with Crippen molar-refractivity contribution in [2.24, 2.45) is 0 Å². The quantitative estimate of drug-likeness (QED) is 0.502. The second-order valence-corrected chi connectivity index (χ2v) is 1.35. The normalized spacial score (nSPS) is 7.17. The topological polar surface area (TPSA) is 35.0 Å². The molecule has 6 heavy (non-hydrogen) atoms. The third-order valence-electron chi connectivity index (χ3n) is 0.707. The molecular weight excluding hydrogens is 69.0 g/mol. The molecule has 0 bridgehead atoms. The van der Waals surface area contributed by atoms with Gasteiger partial charge in [0.1, 0.15) is 0 Å². The van der Waals surface area contributed by atoms with Crippen LogP contribution in [-0.2, 0) is 0 Å². The van der Waals surface area contributed by atoms with Crippen LogP contribution in [0.15, 0.2) is 0 Å². The molecule has 0 amide bonds. The maximum atomic E-state index is 2.21. The minimum absolute atomic E-state index is 0. The van der Waals surface area contributed by atoms with Gasteiger partial charge in [-0.1, -0.05) is 0 Å². The van der Waals surface area contributed by atoms with Gasteiger partial charge in [-0.25, -0.2) is 0 Å². The minimum atomic E-state index is 0. The Morgan fingerprint density at radius 3 is 2.00 bits per heavy atom. The molecule has 1 nitrogen and oxygen atoms in total. The molecular formula is C4H12LiN. The Hall–Kier alpha value is 0.557. The Morgan fingerprint density at radius 2 is 2.00 bits per heavy atom. The number of rotatable bonds is 2. The van der Waals surface area contributed by atoms with E-state index in [2.05, 4.69) is 24.6 Å². The van der Waals surface area contributed by atoms with Gasteiger partial charge < -0.3 is 6.15 Å². The van der Waals surface area contributed by atoms with E-state index in [1.807, 2.05) is 0 Å². The first-order chi connectivity index (χ1) is 2.41. The maximum absolute atomic E-state index is 2.21. The SMILES string of the molecule is N.[Li][CH2]CCC. The summed E-state index contributed by atoms with van der Waals surface area (Å²) in [6, 6.07) is 0. The van der Waals surface area contributed by atoms with Crippen LogP contribution in [0.2, 0.25) is 5.09 Å². The van der Waals surface area contributed by atoms with E-state index in [0.29, 0.717) is 0 Å². The molecule has 0 aromatic rings. The van der Waals surface area contributed by atoms with Crippen LogP contribution in [0.4, 0.5) is 0 Å². The Morgan fingerprint density at radius 1 is 1.50 bits per heavy atom.